The number of carbonyl (C=O) groups is 3. The number of hydrogen-bond acceptors (Lipinski definition) is 5. The molecule has 1 aliphatic carbocycles. The number of amides is 5. The first-order valence-electron chi connectivity index (χ1n) is 13.2. The molecule has 4 rings (SSSR count). The fraction of sp³-hybridized carbons (Fsp3) is 0.379. The number of anilines is 1. The van der Waals surface area contributed by atoms with E-state index in [0.29, 0.717) is 37.8 Å². The van der Waals surface area contributed by atoms with Crippen molar-refractivity contribution in [3.63, 3.8) is 0 Å². The molecule has 4 N–H and O–H groups in total. The Morgan fingerprint density at radius 1 is 1.22 bits per heavy atom. The first kappa shape index (κ1) is 31.4. The number of primary amides is 1. The van der Waals surface area contributed by atoms with Gasteiger partial charge in [0.15, 0.2) is 0 Å². The van der Waals surface area contributed by atoms with Crippen molar-refractivity contribution in [3.05, 3.63) is 77.5 Å². The fourth-order valence-corrected chi connectivity index (χ4v) is 5.47. The number of urea groups is 2. The minimum atomic E-state index is -1.21. The Morgan fingerprint density at radius 3 is 2.46 bits per heavy atom. The van der Waals surface area contributed by atoms with E-state index < -0.39 is 47.1 Å². The zero-order chi connectivity index (χ0) is 28.9. The van der Waals surface area contributed by atoms with Crippen LogP contribution in [0, 0.1) is 23.0 Å². The molecule has 2 aliphatic rings. The van der Waals surface area contributed by atoms with Gasteiger partial charge < -0.3 is 21.3 Å². The lowest BCUT2D eigenvalue weighted by atomic mass is 9.69. The van der Waals surface area contributed by atoms with Crippen molar-refractivity contribution in [1.29, 1.82) is 5.26 Å². The van der Waals surface area contributed by atoms with Gasteiger partial charge in [0, 0.05) is 24.4 Å². The Bertz CT molecular complexity index is 1340. The number of halogens is 3. The number of imide groups is 1. The zero-order valence-electron chi connectivity index (χ0n) is 22.6. The van der Waals surface area contributed by atoms with E-state index in [0.717, 1.165) is 22.6 Å². The lowest BCUT2D eigenvalue weighted by Crippen LogP contribution is -2.59. The van der Waals surface area contributed by atoms with Crippen LogP contribution in [0.3, 0.4) is 0 Å². The predicted molar refractivity (Wildman–Crippen MR) is 152 cm³/mol. The third-order valence-electron chi connectivity index (χ3n) is 7.70. The van der Waals surface area contributed by atoms with Crippen molar-refractivity contribution >= 4 is 36.1 Å². The number of nitriles is 1. The zero-order valence-corrected chi connectivity index (χ0v) is 23.4. The first-order valence-corrected chi connectivity index (χ1v) is 13.2. The summed E-state index contributed by atoms with van der Waals surface area (Å²) in [5, 5.41) is 15.3. The van der Waals surface area contributed by atoms with Gasteiger partial charge in [-0.15, -0.1) is 12.4 Å². The third kappa shape index (κ3) is 6.77. The van der Waals surface area contributed by atoms with Crippen LogP contribution >= 0.6 is 12.4 Å². The molecule has 5 amide bonds. The maximum Gasteiger partial charge on any atom is 0.330 e. The number of carbonyl (C=O) groups excluding carboxylic acids is 3. The monoisotopic (exact) mass is 586 g/mol. The Hall–Kier alpha value is -4.17. The summed E-state index contributed by atoms with van der Waals surface area (Å²) < 4.78 is 28.9. The maximum atomic E-state index is 15.1. The highest BCUT2D eigenvalue weighted by Gasteiger charge is 2.42. The average Bonchev–Trinajstić information content (AvgIpc) is 2.96. The summed E-state index contributed by atoms with van der Waals surface area (Å²) in [6.45, 7) is 1.60. The average molecular weight is 587 g/mol. The summed E-state index contributed by atoms with van der Waals surface area (Å²) in [6.07, 6.45) is 4.02. The van der Waals surface area contributed by atoms with Crippen LogP contribution in [-0.2, 0) is 10.2 Å². The molecule has 1 saturated carbocycles. The van der Waals surface area contributed by atoms with Gasteiger partial charge in [-0.05, 0) is 55.9 Å². The summed E-state index contributed by atoms with van der Waals surface area (Å²) in [4.78, 5) is 40.4. The normalized spacial score (nSPS) is 20.9. The predicted octanol–water partition coefficient (Wildman–Crippen LogP) is 4.48. The van der Waals surface area contributed by atoms with E-state index in [1.54, 1.807) is 6.08 Å². The minimum absolute atomic E-state index is 0. The largest absolute Gasteiger partial charge is 0.368 e. The molecule has 0 radical (unpaired) electrons. The Morgan fingerprint density at radius 2 is 1.90 bits per heavy atom. The van der Waals surface area contributed by atoms with Gasteiger partial charge in [-0.1, -0.05) is 37.3 Å². The van der Waals surface area contributed by atoms with E-state index in [2.05, 4.69) is 16.7 Å². The standard InChI is InChI=1S/C29H32F2N6O3.ClH/c1-2-21-12-15-36(28(40)35-21)27(39)34-17-25(26(33)38)37(24-9-8-20(30)16-23(24)31)22-10-13-29(18-32,14-11-22)19-6-4-3-5-7-19;/h3-9,12,16,22,25H,2,10-11,13-15,17H2,1H3,(H2,33,38)(H,34,39)(H,35,40);1H. The second-order valence-corrected chi connectivity index (χ2v) is 10.0. The van der Waals surface area contributed by atoms with Crippen molar-refractivity contribution in [2.24, 2.45) is 5.73 Å². The molecule has 9 nitrogen and oxygen atoms in total. The third-order valence-corrected chi connectivity index (χ3v) is 7.70. The highest BCUT2D eigenvalue weighted by Crippen LogP contribution is 2.42. The van der Waals surface area contributed by atoms with Crippen LogP contribution in [-0.4, -0.2) is 48.0 Å². The van der Waals surface area contributed by atoms with Gasteiger partial charge in [-0.3, -0.25) is 4.79 Å². The van der Waals surface area contributed by atoms with E-state index >= 15 is 4.39 Å². The molecule has 1 heterocycles. The van der Waals surface area contributed by atoms with Gasteiger partial charge in [0.1, 0.15) is 17.7 Å². The Labute approximate surface area is 243 Å². The van der Waals surface area contributed by atoms with Gasteiger partial charge in [-0.25, -0.2) is 23.3 Å². The van der Waals surface area contributed by atoms with Crippen LogP contribution in [0.25, 0.3) is 0 Å². The molecule has 12 heteroatoms. The van der Waals surface area contributed by atoms with Crippen LogP contribution in [0.5, 0.6) is 0 Å². The highest BCUT2D eigenvalue weighted by atomic mass is 35.5. The van der Waals surface area contributed by atoms with Gasteiger partial charge in [0.2, 0.25) is 5.91 Å². The molecular weight excluding hydrogens is 554 g/mol. The molecule has 0 spiro atoms. The molecule has 41 heavy (non-hydrogen) atoms. The van der Waals surface area contributed by atoms with Crippen LogP contribution < -0.4 is 21.3 Å². The molecule has 1 atom stereocenters. The summed E-state index contributed by atoms with van der Waals surface area (Å²) in [7, 11) is 0. The van der Waals surface area contributed by atoms with Crippen molar-refractivity contribution in [2.75, 3.05) is 18.0 Å². The number of benzene rings is 2. The topological polar surface area (TPSA) is 132 Å². The van der Waals surface area contributed by atoms with Gasteiger partial charge in [0.05, 0.1) is 23.7 Å². The second-order valence-electron chi connectivity index (χ2n) is 10.0. The maximum absolute atomic E-state index is 15.1. The molecule has 2 aromatic rings. The van der Waals surface area contributed by atoms with Crippen molar-refractivity contribution < 1.29 is 23.2 Å². The smallest absolute Gasteiger partial charge is 0.330 e. The van der Waals surface area contributed by atoms with Crippen LogP contribution in [0.4, 0.5) is 24.1 Å². The van der Waals surface area contributed by atoms with E-state index in [-0.39, 0.29) is 31.2 Å². The number of allylic oxidation sites excluding steroid dienone is 1. The van der Waals surface area contributed by atoms with Crippen LogP contribution in [0.2, 0.25) is 0 Å². The molecule has 0 saturated heterocycles. The lowest BCUT2D eigenvalue weighted by molar-refractivity contribution is -0.119. The van der Waals surface area contributed by atoms with Crippen molar-refractivity contribution in [1.82, 2.24) is 15.5 Å². The van der Waals surface area contributed by atoms with Gasteiger partial charge >= 0.3 is 12.1 Å². The number of nitrogens with two attached hydrogens (primary N) is 1. The van der Waals surface area contributed by atoms with Crippen molar-refractivity contribution in [3.8, 4) is 6.07 Å². The molecular formula is C29H33ClF2N6O3. The summed E-state index contributed by atoms with van der Waals surface area (Å²) in [5.41, 5.74) is 6.57. The molecule has 2 aromatic carbocycles. The number of nitrogens with zero attached hydrogens (tertiary/aromatic N) is 3. The molecule has 1 unspecified atom stereocenters. The molecule has 218 valence electrons. The fourth-order valence-electron chi connectivity index (χ4n) is 5.47. The second kappa shape index (κ2) is 13.5. The van der Waals surface area contributed by atoms with Crippen LogP contribution in [0.1, 0.15) is 44.6 Å². The highest BCUT2D eigenvalue weighted by molar-refractivity contribution is 5.95. The van der Waals surface area contributed by atoms with Gasteiger partial charge in [0.25, 0.3) is 0 Å². The summed E-state index contributed by atoms with van der Waals surface area (Å²) in [5.74, 6) is -2.50. The number of hydrogen-bond donors (Lipinski definition) is 3. The Balaban J connectivity index is 0.00000462. The molecule has 0 aromatic heterocycles. The SMILES string of the molecule is CCC1=CCN(C(=O)NCC(C(N)=O)N(c2ccc(F)cc2F)C2CCC(C#N)(c3ccccc3)CC2)C(=O)N1.Cl. The van der Waals surface area contributed by atoms with Crippen LogP contribution in [0.15, 0.2) is 60.3 Å². The molecule has 1 fully saturated rings. The lowest BCUT2D eigenvalue weighted by Gasteiger charge is -2.44. The number of rotatable bonds is 8. The Kier molecular flexibility index (Phi) is 10.3. The van der Waals surface area contributed by atoms with Crippen molar-refractivity contribution in [2.45, 2.75) is 56.5 Å². The van der Waals surface area contributed by atoms with E-state index in [4.69, 9.17) is 5.73 Å². The van der Waals surface area contributed by atoms with E-state index in [9.17, 15) is 24.0 Å². The molecule has 1 aliphatic heterocycles. The van der Waals surface area contributed by atoms with E-state index in [1.807, 2.05) is 37.3 Å². The quantitative estimate of drug-likeness (QED) is 0.420. The van der Waals surface area contributed by atoms with E-state index in [1.165, 1.54) is 11.0 Å². The van der Waals surface area contributed by atoms with Gasteiger partial charge in [-0.2, -0.15) is 5.26 Å². The minimum Gasteiger partial charge on any atom is -0.368 e. The summed E-state index contributed by atoms with van der Waals surface area (Å²) >= 11 is 0. The summed E-state index contributed by atoms with van der Waals surface area (Å²) in [6, 6.07) is 11.9. The first-order chi connectivity index (χ1) is 19.2. The number of nitrogens with one attached hydrogen (secondary N) is 2. The molecule has 0 bridgehead atoms.